The van der Waals surface area contributed by atoms with Gasteiger partial charge in [-0.2, -0.15) is 0 Å². The van der Waals surface area contributed by atoms with E-state index >= 15 is 0 Å². The van der Waals surface area contributed by atoms with Crippen molar-refractivity contribution >= 4 is 17.3 Å². The number of hydrogen-bond donors (Lipinski definition) is 4. The Balaban J connectivity index is 2.00. The topological polar surface area (TPSA) is 101 Å². The standard InChI is InChI=1S/C13H19N3O2/c14-10-7-9(12(15)18)1-2-11(10)16-8-13(3-4-13)5-6-17/h1-2,7,16-17H,3-6,8,14H2,(H2,15,18). The van der Waals surface area contributed by atoms with E-state index in [0.29, 0.717) is 11.3 Å². The zero-order valence-corrected chi connectivity index (χ0v) is 10.3. The van der Waals surface area contributed by atoms with Gasteiger partial charge in [0, 0.05) is 18.7 Å². The van der Waals surface area contributed by atoms with Crippen molar-refractivity contribution in [1.82, 2.24) is 0 Å². The number of carbonyl (C=O) groups excluding carboxylic acids is 1. The van der Waals surface area contributed by atoms with Gasteiger partial charge in [-0.05, 0) is 42.9 Å². The summed E-state index contributed by atoms with van der Waals surface area (Å²) in [5, 5.41) is 12.3. The molecule has 6 N–H and O–H groups in total. The van der Waals surface area contributed by atoms with Gasteiger partial charge in [-0.3, -0.25) is 4.79 Å². The summed E-state index contributed by atoms with van der Waals surface area (Å²) < 4.78 is 0. The van der Waals surface area contributed by atoms with Gasteiger partial charge in [0.2, 0.25) is 5.91 Å². The molecule has 5 nitrogen and oxygen atoms in total. The Hall–Kier alpha value is -1.75. The summed E-state index contributed by atoms with van der Waals surface area (Å²) in [5.74, 6) is -0.479. The zero-order valence-electron chi connectivity index (χ0n) is 10.3. The van der Waals surface area contributed by atoms with Crippen LogP contribution in [0.3, 0.4) is 0 Å². The summed E-state index contributed by atoms with van der Waals surface area (Å²) in [6.07, 6.45) is 3.10. The van der Waals surface area contributed by atoms with Crippen molar-refractivity contribution < 1.29 is 9.90 Å². The third kappa shape index (κ3) is 2.73. The van der Waals surface area contributed by atoms with E-state index in [9.17, 15) is 4.79 Å². The van der Waals surface area contributed by atoms with Crippen LogP contribution in [-0.2, 0) is 0 Å². The van der Waals surface area contributed by atoms with Gasteiger partial charge in [0.05, 0.1) is 11.4 Å². The van der Waals surface area contributed by atoms with E-state index < -0.39 is 5.91 Å². The summed E-state index contributed by atoms with van der Waals surface area (Å²) in [6, 6.07) is 5.01. The lowest BCUT2D eigenvalue weighted by atomic mass is 10.0. The number of nitrogens with two attached hydrogens (primary N) is 2. The van der Waals surface area contributed by atoms with Crippen molar-refractivity contribution in [3.05, 3.63) is 23.8 Å². The van der Waals surface area contributed by atoms with E-state index in [1.165, 1.54) is 0 Å². The molecule has 0 heterocycles. The third-order valence-electron chi connectivity index (χ3n) is 3.59. The van der Waals surface area contributed by atoms with E-state index in [0.717, 1.165) is 31.5 Å². The molecular formula is C13H19N3O2. The number of aliphatic hydroxyl groups is 1. The smallest absolute Gasteiger partial charge is 0.248 e. The van der Waals surface area contributed by atoms with Crippen LogP contribution in [0.4, 0.5) is 11.4 Å². The quantitative estimate of drug-likeness (QED) is 0.563. The number of aliphatic hydroxyl groups excluding tert-OH is 1. The lowest BCUT2D eigenvalue weighted by Crippen LogP contribution is -2.18. The summed E-state index contributed by atoms with van der Waals surface area (Å²) >= 11 is 0. The summed E-state index contributed by atoms with van der Waals surface area (Å²) in [6.45, 7) is 1.02. The van der Waals surface area contributed by atoms with Crippen LogP contribution in [0, 0.1) is 5.41 Å². The lowest BCUT2D eigenvalue weighted by Gasteiger charge is -2.17. The average molecular weight is 249 g/mol. The van der Waals surface area contributed by atoms with Gasteiger partial charge in [-0.1, -0.05) is 0 Å². The highest BCUT2D eigenvalue weighted by Gasteiger charge is 2.41. The third-order valence-corrected chi connectivity index (χ3v) is 3.59. The minimum absolute atomic E-state index is 0.220. The van der Waals surface area contributed by atoms with Crippen LogP contribution in [0.25, 0.3) is 0 Å². The Bertz CT molecular complexity index is 456. The van der Waals surface area contributed by atoms with Crippen molar-refractivity contribution in [1.29, 1.82) is 0 Å². The molecule has 1 aromatic carbocycles. The fourth-order valence-electron chi connectivity index (χ4n) is 2.09. The second-order valence-electron chi connectivity index (χ2n) is 4.99. The van der Waals surface area contributed by atoms with E-state index in [1.54, 1.807) is 18.2 Å². The highest BCUT2D eigenvalue weighted by atomic mass is 16.3. The number of hydrogen-bond acceptors (Lipinski definition) is 4. The molecule has 1 aromatic rings. The van der Waals surface area contributed by atoms with Crippen LogP contribution < -0.4 is 16.8 Å². The molecule has 0 saturated heterocycles. The average Bonchev–Trinajstić information content (AvgIpc) is 3.08. The minimum atomic E-state index is -0.479. The van der Waals surface area contributed by atoms with E-state index in [4.69, 9.17) is 16.6 Å². The van der Waals surface area contributed by atoms with Crippen molar-refractivity contribution in [2.75, 3.05) is 24.2 Å². The van der Waals surface area contributed by atoms with Gasteiger partial charge in [-0.15, -0.1) is 0 Å². The second-order valence-corrected chi connectivity index (χ2v) is 4.99. The maximum absolute atomic E-state index is 11.0. The molecule has 0 aliphatic heterocycles. The highest BCUT2D eigenvalue weighted by molar-refractivity contribution is 5.94. The molecule has 1 aliphatic rings. The number of primary amides is 1. The molecule has 0 bridgehead atoms. The van der Waals surface area contributed by atoms with Gasteiger partial charge < -0.3 is 21.9 Å². The van der Waals surface area contributed by atoms with Crippen molar-refractivity contribution in [2.24, 2.45) is 11.1 Å². The molecule has 1 saturated carbocycles. The molecule has 5 heteroatoms. The van der Waals surface area contributed by atoms with Gasteiger partial charge >= 0.3 is 0 Å². The lowest BCUT2D eigenvalue weighted by molar-refractivity contribution is 0.100. The van der Waals surface area contributed by atoms with Crippen LogP contribution >= 0.6 is 0 Å². The second kappa shape index (κ2) is 4.86. The molecule has 98 valence electrons. The molecule has 2 rings (SSSR count). The van der Waals surface area contributed by atoms with Crippen molar-refractivity contribution in [3.63, 3.8) is 0 Å². The molecule has 1 amide bonds. The molecule has 0 aromatic heterocycles. The molecule has 0 unspecified atom stereocenters. The molecule has 0 spiro atoms. The van der Waals surface area contributed by atoms with Crippen LogP contribution in [0.1, 0.15) is 29.6 Å². The van der Waals surface area contributed by atoms with Gasteiger partial charge in [-0.25, -0.2) is 0 Å². The molecule has 18 heavy (non-hydrogen) atoms. The first-order valence-electron chi connectivity index (χ1n) is 6.10. The highest BCUT2D eigenvalue weighted by Crippen LogP contribution is 2.48. The number of carbonyl (C=O) groups is 1. The molecule has 1 aliphatic carbocycles. The Morgan fingerprint density at radius 1 is 1.44 bits per heavy atom. The fourth-order valence-corrected chi connectivity index (χ4v) is 2.09. The van der Waals surface area contributed by atoms with Crippen LogP contribution in [0.2, 0.25) is 0 Å². The first kappa shape index (κ1) is 12.7. The Kier molecular flexibility index (Phi) is 3.43. The largest absolute Gasteiger partial charge is 0.397 e. The van der Waals surface area contributed by atoms with Gasteiger partial charge in [0.1, 0.15) is 0 Å². The first-order chi connectivity index (χ1) is 8.56. The number of anilines is 2. The predicted octanol–water partition coefficient (Wildman–Crippen LogP) is 0.942. The van der Waals surface area contributed by atoms with Crippen molar-refractivity contribution in [3.8, 4) is 0 Å². The van der Waals surface area contributed by atoms with Crippen LogP contribution in [0.15, 0.2) is 18.2 Å². The molecular weight excluding hydrogens is 230 g/mol. The van der Waals surface area contributed by atoms with Crippen LogP contribution in [0.5, 0.6) is 0 Å². The normalized spacial score (nSPS) is 16.3. The Morgan fingerprint density at radius 2 is 2.17 bits per heavy atom. The van der Waals surface area contributed by atoms with E-state index in [2.05, 4.69) is 5.32 Å². The fraction of sp³-hybridized carbons (Fsp3) is 0.462. The van der Waals surface area contributed by atoms with E-state index in [-0.39, 0.29) is 12.0 Å². The number of amides is 1. The number of nitrogens with one attached hydrogen (secondary N) is 1. The van der Waals surface area contributed by atoms with Gasteiger partial charge in [0.15, 0.2) is 0 Å². The van der Waals surface area contributed by atoms with Crippen molar-refractivity contribution in [2.45, 2.75) is 19.3 Å². The minimum Gasteiger partial charge on any atom is -0.397 e. The molecule has 0 radical (unpaired) electrons. The Morgan fingerprint density at radius 3 is 2.67 bits per heavy atom. The number of nitrogen functional groups attached to an aromatic ring is 1. The summed E-state index contributed by atoms with van der Waals surface area (Å²) in [7, 11) is 0. The molecule has 1 fully saturated rings. The summed E-state index contributed by atoms with van der Waals surface area (Å²) in [4.78, 5) is 11.0. The maximum atomic E-state index is 11.0. The zero-order chi connectivity index (χ0) is 13.2. The van der Waals surface area contributed by atoms with E-state index in [1.807, 2.05) is 0 Å². The maximum Gasteiger partial charge on any atom is 0.248 e. The predicted molar refractivity (Wildman–Crippen MR) is 71.2 cm³/mol. The number of benzene rings is 1. The number of rotatable bonds is 6. The Labute approximate surface area is 106 Å². The van der Waals surface area contributed by atoms with Gasteiger partial charge in [0.25, 0.3) is 0 Å². The molecule has 0 atom stereocenters. The van der Waals surface area contributed by atoms with Crippen LogP contribution in [-0.4, -0.2) is 24.2 Å². The monoisotopic (exact) mass is 249 g/mol. The first-order valence-corrected chi connectivity index (χ1v) is 6.10. The SMILES string of the molecule is NC(=O)c1ccc(NCC2(CCO)CC2)c(N)c1. The summed E-state index contributed by atoms with van der Waals surface area (Å²) in [5.41, 5.74) is 13.0.